The zero-order valence-electron chi connectivity index (χ0n) is 19.6. The Morgan fingerprint density at radius 2 is 1.72 bits per heavy atom. The lowest BCUT2D eigenvalue weighted by atomic mass is 10.2. The lowest BCUT2D eigenvalue weighted by Gasteiger charge is -2.13. The Morgan fingerprint density at radius 1 is 1.03 bits per heavy atom. The molecule has 36 heavy (non-hydrogen) atoms. The summed E-state index contributed by atoms with van der Waals surface area (Å²) in [6, 6.07) is 13.8. The number of thioether (sulfide) groups is 1. The van der Waals surface area contributed by atoms with E-state index in [4.69, 9.17) is 0 Å². The number of hydrogen-bond acceptors (Lipinski definition) is 4. The van der Waals surface area contributed by atoms with Gasteiger partial charge in [-0.25, -0.2) is 0 Å². The first-order chi connectivity index (χ1) is 16.9. The van der Waals surface area contributed by atoms with Crippen LogP contribution in [-0.4, -0.2) is 33.1 Å². The number of carbonyl (C=O) groups excluding carboxylic acids is 3. The summed E-state index contributed by atoms with van der Waals surface area (Å²) in [4.78, 5) is 38.7. The lowest BCUT2D eigenvalue weighted by molar-refractivity contribution is -0.137. The molecule has 1 saturated heterocycles. The molecule has 1 fully saturated rings. The molecule has 0 aliphatic carbocycles. The predicted octanol–water partition coefficient (Wildman–Crippen LogP) is 6.10. The van der Waals surface area contributed by atoms with E-state index in [0.29, 0.717) is 40.1 Å². The van der Waals surface area contributed by atoms with Crippen LogP contribution in [0.1, 0.15) is 28.1 Å². The van der Waals surface area contributed by atoms with E-state index in [1.54, 1.807) is 42.7 Å². The number of amides is 3. The lowest BCUT2D eigenvalue weighted by Crippen LogP contribution is -2.36. The molecule has 186 valence electrons. The van der Waals surface area contributed by atoms with E-state index < -0.39 is 35.3 Å². The van der Waals surface area contributed by atoms with E-state index in [9.17, 15) is 27.6 Å². The number of alkyl halides is 3. The van der Waals surface area contributed by atoms with Crippen molar-refractivity contribution in [3.63, 3.8) is 0 Å². The second kappa shape index (κ2) is 9.69. The number of imide groups is 1. The molecule has 0 spiro atoms. The molecule has 0 saturated carbocycles. The highest BCUT2D eigenvalue weighted by molar-refractivity contribution is 8.18. The van der Waals surface area contributed by atoms with Crippen LogP contribution in [0.25, 0.3) is 11.8 Å². The van der Waals surface area contributed by atoms with Crippen LogP contribution in [0.3, 0.4) is 0 Å². The number of nitrogens with one attached hydrogen (secondary N) is 1. The Morgan fingerprint density at radius 3 is 2.39 bits per heavy atom. The third-order valence-electron chi connectivity index (χ3n) is 5.70. The Bertz CT molecular complexity index is 1390. The third kappa shape index (κ3) is 5.23. The fourth-order valence-electron chi connectivity index (χ4n) is 3.91. The van der Waals surface area contributed by atoms with Gasteiger partial charge in [-0.15, -0.1) is 0 Å². The summed E-state index contributed by atoms with van der Waals surface area (Å²) in [5.41, 5.74) is 3.00. The molecule has 0 unspecified atom stereocenters. The highest BCUT2D eigenvalue weighted by Gasteiger charge is 2.36. The Hall–Kier alpha value is -3.79. The van der Waals surface area contributed by atoms with Gasteiger partial charge in [-0.3, -0.25) is 19.3 Å². The van der Waals surface area contributed by atoms with Crippen molar-refractivity contribution in [2.45, 2.75) is 26.9 Å². The molecule has 1 aromatic heterocycles. The van der Waals surface area contributed by atoms with Crippen LogP contribution in [0, 0.1) is 20.8 Å². The number of benzene rings is 2. The van der Waals surface area contributed by atoms with Crippen LogP contribution in [0.4, 0.5) is 23.7 Å². The van der Waals surface area contributed by atoms with Gasteiger partial charge in [0.05, 0.1) is 10.5 Å². The van der Waals surface area contributed by atoms with Crippen LogP contribution in [0.2, 0.25) is 0 Å². The van der Waals surface area contributed by atoms with Crippen LogP contribution < -0.4 is 5.32 Å². The summed E-state index contributed by atoms with van der Waals surface area (Å²) in [6.07, 6.45) is -2.95. The van der Waals surface area contributed by atoms with Crippen molar-refractivity contribution in [3.05, 3.63) is 87.6 Å². The average Bonchev–Trinajstić information content (AvgIpc) is 3.24. The first-order valence-electron chi connectivity index (χ1n) is 10.9. The molecule has 2 heterocycles. The molecule has 0 bridgehead atoms. The highest BCUT2D eigenvalue weighted by Crippen LogP contribution is 2.35. The van der Waals surface area contributed by atoms with Crippen LogP contribution in [0.15, 0.2) is 59.5 Å². The minimum absolute atomic E-state index is 0.132. The minimum Gasteiger partial charge on any atom is -0.325 e. The summed E-state index contributed by atoms with van der Waals surface area (Å²) < 4.78 is 41.2. The van der Waals surface area contributed by atoms with Crippen molar-refractivity contribution in [1.82, 2.24) is 9.47 Å². The number of nitrogens with zero attached hydrogens (tertiary/aromatic N) is 2. The smallest absolute Gasteiger partial charge is 0.325 e. The minimum atomic E-state index is -4.47. The first kappa shape index (κ1) is 25.3. The number of aryl methyl sites for hydroxylation is 2. The van der Waals surface area contributed by atoms with Gasteiger partial charge in [0.2, 0.25) is 5.91 Å². The van der Waals surface area contributed by atoms with E-state index in [0.717, 1.165) is 22.6 Å². The van der Waals surface area contributed by atoms with Gasteiger partial charge in [0.1, 0.15) is 6.54 Å². The summed E-state index contributed by atoms with van der Waals surface area (Å²) in [6.45, 7) is 4.94. The van der Waals surface area contributed by atoms with Gasteiger partial charge in [0.25, 0.3) is 11.1 Å². The molecule has 1 N–H and O–H groups in total. The van der Waals surface area contributed by atoms with Crippen molar-refractivity contribution in [1.29, 1.82) is 0 Å². The monoisotopic (exact) mass is 513 g/mol. The van der Waals surface area contributed by atoms with Crippen molar-refractivity contribution >= 4 is 40.6 Å². The number of aromatic nitrogens is 1. The second-order valence-electron chi connectivity index (χ2n) is 8.39. The average molecular weight is 514 g/mol. The third-order valence-corrected chi connectivity index (χ3v) is 6.61. The van der Waals surface area contributed by atoms with Crippen molar-refractivity contribution < 1.29 is 27.6 Å². The van der Waals surface area contributed by atoms with E-state index in [-0.39, 0.29) is 4.91 Å². The van der Waals surface area contributed by atoms with Crippen LogP contribution in [-0.2, 0) is 15.8 Å². The number of halogens is 3. The number of rotatable bonds is 5. The maximum atomic E-state index is 13.2. The molecule has 0 atom stereocenters. The molecular formula is C26H22F3N3O3S. The summed E-state index contributed by atoms with van der Waals surface area (Å²) in [5, 5.41) is 2.09. The molecule has 3 amide bonds. The molecule has 3 aromatic rings. The molecule has 0 radical (unpaired) electrons. The van der Waals surface area contributed by atoms with Gasteiger partial charge >= 0.3 is 6.18 Å². The van der Waals surface area contributed by atoms with Crippen molar-refractivity contribution in [2.75, 3.05) is 11.9 Å². The molecule has 6 nitrogen and oxygen atoms in total. The van der Waals surface area contributed by atoms with Gasteiger partial charge in [-0.2, -0.15) is 13.2 Å². The summed E-state index contributed by atoms with van der Waals surface area (Å²) >= 11 is 0.713. The second-order valence-corrected chi connectivity index (χ2v) is 9.39. The van der Waals surface area contributed by atoms with Gasteiger partial charge in [-0.05, 0) is 80.6 Å². The largest absolute Gasteiger partial charge is 0.416 e. The normalized spacial score (nSPS) is 15.2. The maximum Gasteiger partial charge on any atom is 0.416 e. The fourth-order valence-corrected chi connectivity index (χ4v) is 4.74. The van der Waals surface area contributed by atoms with E-state index in [2.05, 4.69) is 5.32 Å². The van der Waals surface area contributed by atoms with Gasteiger partial charge in [0.15, 0.2) is 0 Å². The van der Waals surface area contributed by atoms with E-state index >= 15 is 0 Å². The Labute approximate surface area is 209 Å². The van der Waals surface area contributed by atoms with Crippen molar-refractivity contribution in [2.24, 2.45) is 0 Å². The van der Waals surface area contributed by atoms with Gasteiger partial charge < -0.3 is 9.88 Å². The molecule has 2 aromatic carbocycles. The van der Waals surface area contributed by atoms with Crippen LogP contribution in [0.5, 0.6) is 0 Å². The zero-order chi connectivity index (χ0) is 26.2. The molecule has 4 rings (SSSR count). The Balaban J connectivity index is 1.55. The maximum absolute atomic E-state index is 13.2. The zero-order valence-corrected chi connectivity index (χ0v) is 20.5. The fraction of sp³-hybridized carbons (Fsp3) is 0.192. The quantitative estimate of drug-likeness (QED) is 0.419. The number of hydrogen-bond donors (Lipinski definition) is 1. The molecule has 10 heteroatoms. The molecular weight excluding hydrogens is 491 g/mol. The standard InChI is InChI=1S/C26H22F3N3O3S/c1-15-7-9-20(10-8-15)30-23(33)14-31-24(34)22(36-25(31)35)12-18-11-16(2)32(17(18)3)21-6-4-5-19(13-21)26(27,28)29/h4-13H,14H2,1-3H3,(H,30,33)/b22-12+. The van der Waals surface area contributed by atoms with Crippen molar-refractivity contribution in [3.8, 4) is 5.69 Å². The molecule has 1 aliphatic heterocycles. The van der Waals surface area contributed by atoms with Gasteiger partial charge in [-0.1, -0.05) is 23.8 Å². The first-order valence-corrected chi connectivity index (χ1v) is 11.7. The summed E-state index contributed by atoms with van der Waals surface area (Å²) in [5.74, 6) is -1.11. The highest BCUT2D eigenvalue weighted by atomic mass is 32.2. The number of carbonyl (C=O) groups is 3. The molecule has 1 aliphatic rings. The van der Waals surface area contributed by atoms with Crippen LogP contribution >= 0.6 is 11.8 Å². The summed E-state index contributed by atoms with van der Waals surface area (Å²) in [7, 11) is 0. The predicted molar refractivity (Wildman–Crippen MR) is 133 cm³/mol. The Kier molecular flexibility index (Phi) is 6.81. The van der Waals surface area contributed by atoms with E-state index in [1.807, 2.05) is 19.1 Å². The van der Waals surface area contributed by atoms with Gasteiger partial charge in [0, 0.05) is 22.8 Å². The SMILES string of the molecule is Cc1ccc(NC(=O)CN2C(=O)S/C(=C/c3cc(C)n(-c4cccc(C(F)(F)F)c4)c3C)C2=O)cc1. The van der Waals surface area contributed by atoms with E-state index in [1.165, 1.54) is 12.1 Å². The topological polar surface area (TPSA) is 71.4 Å². The number of anilines is 1.